The van der Waals surface area contributed by atoms with Gasteiger partial charge in [-0.3, -0.25) is 9.59 Å². The number of carbonyl (C=O) groups is 2. The van der Waals surface area contributed by atoms with Crippen LogP contribution in [-0.4, -0.2) is 53.9 Å². The van der Waals surface area contributed by atoms with Crippen LogP contribution in [0.3, 0.4) is 0 Å². The number of piperazine rings is 1. The number of halogens is 2. The van der Waals surface area contributed by atoms with Gasteiger partial charge in [-0.15, -0.1) is 0 Å². The first-order valence-electron chi connectivity index (χ1n) is 11.0. The van der Waals surface area contributed by atoms with Crippen LogP contribution in [0.4, 0.5) is 14.7 Å². The van der Waals surface area contributed by atoms with E-state index >= 15 is 0 Å². The molecule has 3 aromatic rings. The summed E-state index contributed by atoms with van der Waals surface area (Å²) in [7, 11) is 0. The smallest absolute Gasteiger partial charge is 0.266 e. The summed E-state index contributed by atoms with van der Waals surface area (Å²) in [6.07, 6.45) is 1.47. The molecule has 182 valence electrons. The van der Waals surface area contributed by atoms with Gasteiger partial charge < -0.3 is 24.0 Å². The highest BCUT2D eigenvalue weighted by Crippen LogP contribution is 2.29. The Balaban J connectivity index is 1.44. The molecule has 1 fully saturated rings. The summed E-state index contributed by atoms with van der Waals surface area (Å²) in [6.45, 7) is 4.75. The molecule has 11 heteroatoms. The van der Waals surface area contributed by atoms with Crippen LogP contribution in [0, 0.1) is 28.9 Å². The molecule has 0 radical (unpaired) electrons. The number of oxazole rings is 1. The average molecular weight is 483 g/mol. The van der Waals surface area contributed by atoms with Crippen molar-refractivity contribution in [3.05, 3.63) is 59.5 Å². The monoisotopic (exact) mass is 483 g/mol. The minimum Gasteiger partial charge on any atom is -0.459 e. The zero-order valence-electron chi connectivity index (χ0n) is 19.1. The Kier molecular flexibility index (Phi) is 6.82. The van der Waals surface area contributed by atoms with Crippen LogP contribution in [-0.2, 0) is 4.79 Å². The number of furan rings is 1. The van der Waals surface area contributed by atoms with Crippen molar-refractivity contribution in [1.29, 1.82) is 5.26 Å². The second-order valence-electron chi connectivity index (χ2n) is 8.37. The highest BCUT2D eigenvalue weighted by molar-refractivity contribution is 5.98. The minimum absolute atomic E-state index is 0.107. The summed E-state index contributed by atoms with van der Waals surface area (Å²) >= 11 is 0. The molecule has 0 aliphatic carbocycles. The van der Waals surface area contributed by atoms with Gasteiger partial charge in [0.15, 0.2) is 5.76 Å². The lowest BCUT2D eigenvalue weighted by Crippen LogP contribution is -2.56. The molecule has 1 aliphatic rings. The number of carbonyl (C=O) groups excluding carboxylic acids is 2. The summed E-state index contributed by atoms with van der Waals surface area (Å²) in [5.74, 6) is -2.81. The molecule has 1 unspecified atom stereocenters. The van der Waals surface area contributed by atoms with Crippen LogP contribution in [0.2, 0.25) is 0 Å². The fraction of sp³-hybridized carbons (Fsp3) is 0.333. The largest absolute Gasteiger partial charge is 0.459 e. The number of benzene rings is 1. The summed E-state index contributed by atoms with van der Waals surface area (Å²) in [6, 6.07) is 7.52. The molecule has 1 atom stereocenters. The van der Waals surface area contributed by atoms with Gasteiger partial charge in [-0.2, -0.15) is 10.2 Å². The minimum atomic E-state index is -1.000. The van der Waals surface area contributed by atoms with E-state index in [2.05, 4.69) is 10.3 Å². The maximum absolute atomic E-state index is 14.0. The standard InChI is InChI=1S/C24H23F2N5O4/c1-14(2)20(29-21(32)19-15(25)5-3-6-16(19)26)23(33)30-8-10-31(11-9-30)24-17(13-27)28-22(35-24)18-7-4-12-34-18/h3-7,12,14,20H,8-11H2,1-2H3,(H,29,32). The Morgan fingerprint density at radius 3 is 2.37 bits per heavy atom. The second-order valence-corrected chi connectivity index (χ2v) is 8.37. The van der Waals surface area contributed by atoms with E-state index in [1.165, 1.54) is 6.26 Å². The Hall–Kier alpha value is -4.20. The highest BCUT2D eigenvalue weighted by atomic mass is 19.1. The van der Waals surface area contributed by atoms with Gasteiger partial charge in [0.2, 0.25) is 17.5 Å². The van der Waals surface area contributed by atoms with Gasteiger partial charge >= 0.3 is 0 Å². The normalized spacial score (nSPS) is 14.6. The van der Waals surface area contributed by atoms with E-state index in [1.54, 1.807) is 35.8 Å². The molecular weight excluding hydrogens is 460 g/mol. The number of nitriles is 1. The first-order chi connectivity index (χ1) is 16.8. The molecule has 1 saturated heterocycles. The highest BCUT2D eigenvalue weighted by Gasteiger charge is 2.33. The molecule has 35 heavy (non-hydrogen) atoms. The van der Waals surface area contributed by atoms with Gasteiger partial charge in [0.05, 0.1) is 6.26 Å². The average Bonchev–Trinajstić information content (AvgIpc) is 3.52. The SMILES string of the molecule is CC(C)C(NC(=O)c1c(F)cccc1F)C(=O)N1CCN(c2oc(-c3ccco3)nc2C#N)CC1. The van der Waals surface area contributed by atoms with E-state index in [0.29, 0.717) is 18.8 Å². The number of rotatable bonds is 6. The van der Waals surface area contributed by atoms with Gasteiger partial charge in [0.25, 0.3) is 11.8 Å². The molecule has 0 saturated carbocycles. The number of aromatic nitrogens is 1. The first kappa shape index (κ1) is 23.9. The molecule has 2 amide bonds. The zero-order chi connectivity index (χ0) is 25.1. The van der Waals surface area contributed by atoms with E-state index < -0.39 is 29.1 Å². The maximum Gasteiger partial charge on any atom is 0.266 e. The number of nitrogens with one attached hydrogen (secondary N) is 1. The lowest BCUT2D eigenvalue weighted by molar-refractivity contribution is -0.134. The van der Waals surface area contributed by atoms with Crippen molar-refractivity contribution < 1.29 is 27.2 Å². The van der Waals surface area contributed by atoms with Crippen LogP contribution >= 0.6 is 0 Å². The lowest BCUT2D eigenvalue weighted by Gasteiger charge is -2.37. The van der Waals surface area contributed by atoms with E-state index in [9.17, 15) is 23.6 Å². The predicted molar refractivity (Wildman–Crippen MR) is 120 cm³/mol. The van der Waals surface area contributed by atoms with Crippen LogP contribution in [0.5, 0.6) is 0 Å². The van der Waals surface area contributed by atoms with Crippen molar-refractivity contribution in [2.45, 2.75) is 19.9 Å². The van der Waals surface area contributed by atoms with Crippen LogP contribution in [0.25, 0.3) is 11.7 Å². The Morgan fingerprint density at radius 1 is 1.11 bits per heavy atom. The number of hydrogen-bond acceptors (Lipinski definition) is 7. The Labute approximate surface area is 199 Å². The molecule has 1 N–H and O–H groups in total. The van der Waals surface area contributed by atoms with Crippen molar-refractivity contribution >= 4 is 17.7 Å². The third-order valence-corrected chi connectivity index (χ3v) is 5.73. The van der Waals surface area contributed by atoms with Crippen molar-refractivity contribution in [3.63, 3.8) is 0 Å². The van der Waals surface area contributed by atoms with Gasteiger partial charge in [-0.25, -0.2) is 8.78 Å². The summed E-state index contributed by atoms with van der Waals surface area (Å²) in [5, 5.41) is 11.9. The predicted octanol–water partition coefficient (Wildman–Crippen LogP) is 3.19. The molecule has 2 aromatic heterocycles. The quantitative estimate of drug-likeness (QED) is 0.573. The van der Waals surface area contributed by atoms with Crippen molar-refractivity contribution in [1.82, 2.24) is 15.2 Å². The third-order valence-electron chi connectivity index (χ3n) is 5.73. The van der Waals surface area contributed by atoms with Crippen LogP contribution in [0.1, 0.15) is 29.9 Å². The molecule has 1 aliphatic heterocycles. The van der Waals surface area contributed by atoms with E-state index in [0.717, 1.165) is 18.2 Å². The van der Waals surface area contributed by atoms with E-state index in [4.69, 9.17) is 8.83 Å². The van der Waals surface area contributed by atoms with E-state index in [-0.39, 0.29) is 42.4 Å². The molecule has 3 heterocycles. The molecular formula is C24H23F2N5O4. The van der Waals surface area contributed by atoms with Gasteiger partial charge in [-0.05, 0) is 30.2 Å². The van der Waals surface area contributed by atoms with Crippen molar-refractivity contribution in [3.8, 4) is 17.7 Å². The van der Waals surface area contributed by atoms with Crippen LogP contribution in [0.15, 0.2) is 45.4 Å². The second kappa shape index (κ2) is 9.97. The molecule has 9 nitrogen and oxygen atoms in total. The molecule has 4 rings (SSSR count). The Morgan fingerprint density at radius 2 is 1.80 bits per heavy atom. The lowest BCUT2D eigenvalue weighted by atomic mass is 10.0. The van der Waals surface area contributed by atoms with Crippen molar-refractivity contribution in [2.75, 3.05) is 31.1 Å². The number of nitrogens with zero attached hydrogens (tertiary/aromatic N) is 4. The fourth-order valence-corrected chi connectivity index (χ4v) is 3.87. The third kappa shape index (κ3) is 4.87. The maximum atomic E-state index is 14.0. The first-order valence-corrected chi connectivity index (χ1v) is 11.0. The van der Waals surface area contributed by atoms with Crippen LogP contribution < -0.4 is 10.2 Å². The van der Waals surface area contributed by atoms with Gasteiger partial charge in [0, 0.05) is 26.2 Å². The summed E-state index contributed by atoms with van der Waals surface area (Å²) < 4.78 is 39.1. The summed E-state index contributed by atoms with van der Waals surface area (Å²) in [5.41, 5.74) is -0.618. The number of anilines is 1. The number of hydrogen-bond donors (Lipinski definition) is 1. The zero-order valence-corrected chi connectivity index (χ0v) is 19.1. The van der Waals surface area contributed by atoms with Gasteiger partial charge in [0.1, 0.15) is 29.3 Å². The Bertz CT molecular complexity index is 1240. The molecule has 0 spiro atoms. The van der Waals surface area contributed by atoms with Crippen molar-refractivity contribution in [2.24, 2.45) is 5.92 Å². The summed E-state index contributed by atoms with van der Waals surface area (Å²) in [4.78, 5) is 33.3. The van der Waals surface area contributed by atoms with E-state index in [1.807, 2.05) is 6.07 Å². The topological polar surface area (TPSA) is 116 Å². The molecule has 0 bridgehead atoms. The molecule has 1 aromatic carbocycles. The number of amides is 2. The van der Waals surface area contributed by atoms with Gasteiger partial charge in [-0.1, -0.05) is 19.9 Å². The fourth-order valence-electron chi connectivity index (χ4n) is 3.87.